The van der Waals surface area contributed by atoms with Crippen LogP contribution in [0.1, 0.15) is 0 Å². The standard InChI is InChI=1S/C16H15BrClNO2S/c17-12-5-1-3-7-14(12)19-16(20)11-22-10-9-21-15-8-4-2-6-13(15)18/h1-8H,9-11H2,(H,19,20). The molecule has 22 heavy (non-hydrogen) atoms. The van der Waals surface area contributed by atoms with Gasteiger partial charge in [0.2, 0.25) is 5.91 Å². The van der Waals surface area contributed by atoms with E-state index in [1.807, 2.05) is 42.5 Å². The molecule has 0 atom stereocenters. The summed E-state index contributed by atoms with van der Waals surface area (Å²) in [5.74, 6) is 1.74. The Bertz CT molecular complexity index is 639. The Hall–Kier alpha value is -1.17. The molecular weight excluding hydrogens is 386 g/mol. The van der Waals surface area contributed by atoms with E-state index in [0.717, 1.165) is 10.2 Å². The fraction of sp³-hybridized carbons (Fsp3) is 0.188. The van der Waals surface area contributed by atoms with Gasteiger partial charge in [0.05, 0.1) is 23.1 Å². The van der Waals surface area contributed by atoms with Crippen molar-refractivity contribution < 1.29 is 9.53 Å². The molecule has 0 aromatic heterocycles. The second-order valence-corrected chi connectivity index (χ2v) is 6.73. The van der Waals surface area contributed by atoms with Gasteiger partial charge in [-0.05, 0) is 40.2 Å². The summed E-state index contributed by atoms with van der Waals surface area (Å²) < 4.78 is 6.43. The Morgan fingerprint density at radius 3 is 2.68 bits per heavy atom. The third-order valence-electron chi connectivity index (χ3n) is 2.70. The maximum atomic E-state index is 11.8. The minimum Gasteiger partial charge on any atom is -0.491 e. The van der Waals surface area contributed by atoms with Gasteiger partial charge in [0.15, 0.2) is 0 Å². The van der Waals surface area contributed by atoms with Crippen molar-refractivity contribution in [3.05, 3.63) is 58.0 Å². The lowest BCUT2D eigenvalue weighted by atomic mass is 10.3. The number of hydrogen-bond acceptors (Lipinski definition) is 3. The number of carbonyl (C=O) groups excluding carboxylic acids is 1. The molecule has 1 amide bonds. The molecule has 0 unspecified atom stereocenters. The first-order valence-corrected chi connectivity index (χ1v) is 8.99. The van der Waals surface area contributed by atoms with Gasteiger partial charge < -0.3 is 10.1 Å². The van der Waals surface area contributed by atoms with Gasteiger partial charge in [-0.15, -0.1) is 11.8 Å². The second-order valence-electron chi connectivity index (χ2n) is 4.36. The second kappa shape index (κ2) is 9.08. The van der Waals surface area contributed by atoms with Gasteiger partial charge in [-0.25, -0.2) is 0 Å². The maximum Gasteiger partial charge on any atom is 0.234 e. The Labute approximate surface area is 147 Å². The number of amides is 1. The lowest BCUT2D eigenvalue weighted by molar-refractivity contribution is -0.113. The van der Waals surface area contributed by atoms with Crippen molar-refractivity contribution in [3.63, 3.8) is 0 Å². The Balaban J connectivity index is 1.65. The van der Waals surface area contributed by atoms with Crippen molar-refractivity contribution in [2.75, 3.05) is 23.4 Å². The highest BCUT2D eigenvalue weighted by Gasteiger charge is 2.05. The van der Waals surface area contributed by atoms with Gasteiger partial charge in [-0.1, -0.05) is 35.9 Å². The summed E-state index contributed by atoms with van der Waals surface area (Å²) in [5.41, 5.74) is 0.778. The monoisotopic (exact) mass is 399 g/mol. The van der Waals surface area contributed by atoms with Crippen molar-refractivity contribution in [2.45, 2.75) is 0 Å². The molecule has 2 rings (SSSR count). The Kier molecular flexibility index (Phi) is 7.09. The number of ether oxygens (including phenoxy) is 1. The summed E-state index contributed by atoms with van der Waals surface area (Å²) in [6, 6.07) is 14.9. The lowest BCUT2D eigenvalue weighted by Crippen LogP contribution is -2.15. The number of rotatable bonds is 7. The predicted molar refractivity (Wildman–Crippen MR) is 97.0 cm³/mol. The average Bonchev–Trinajstić information content (AvgIpc) is 2.51. The molecule has 3 nitrogen and oxygen atoms in total. The number of nitrogens with one attached hydrogen (secondary N) is 1. The van der Waals surface area contributed by atoms with Crippen LogP contribution in [-0.4, -0.2) is 24.0 Å². The summed E-state index contributed by atoms with van der Waals surface area (Å²) >= 11 is 10.9. The zero-order chi connectivity index (χ0) is 15.8. The molecule has 0 aliphatic carbocycles. The van der Waals surface area contributed by atoms with Gasteiger partial charge in [0.1, 0.15) is 5.75 Å². The first kappa shape index (κ1) is 17.2. The molecule has 0 radical (unpaired) electrons. The van der Waals surface area contributed by atoms with E-state index >= 15 is 0 Å². The summed E-state index contributed by atoms with van der Waals surface area (Å²) in [4.78, 5) is 11.8. The molecule has 1 N–H and O–H groups in total. The molecule has 0 heterocycles. The smallest absolute Gasteiger partial charge is 0.234 e. The van der Waals surface area contributed by atoms with Crippen LogP contribution in [0.25, 0.3) is 0 Å². The van der Waals surface area contributed by atoms with Gasteiger partial charge in [-0.2, -0.15) is 0 Å². The number of halogens is 2. The highest BCUT2D eigenvalue weighted by molar-refractivity contribution is 9.10. The molecule has 116 valence electrons. The molecule has 0 spiro atoms. The lowest BCUT2D eigenvalue weighted by Gasteiger charge is -2.08. The van der Waals surface area contributed by atoms with Crippen LogP contribution in [0.4, 0.5) is 5.69 Å². The van der Waals surface area contributed by atoms with Crippen LogP contribution in [-0.2, 0) is 4.79 Å². The van der Waals surface area contributed by atoms with Crippen LogP contribution in [0.2, 0.25) is 5.02 Å². The molecule has 2 aromatic carbocycles. The van der Waals surface area contributed by atoms with Crippen LogP contribution in [0.5, 0.6) is 5.75 Å². The van der Waals surface area contributed by atoms with E-state index in [2.05, 4.69) is 21.2 Å². The van der Waals surface area contributed by atoms with Gasteiger partial charge in [-0.3, -0.25) is 4.79 Å². The number of para-hydroxylation sites is 2. The number of hydrogen-bond donors (Lipinski definition) is 1. The van der Waals surface area contributed by atoms with Crippen LogP contribution < -0.4 is 10.1 Å². The van der Waals surface area contributed by atoms with Crippen molar-refractivity contribution in [2.24, 2.45) is 0 Å². The van der Waals surface area contributed by atoms with E-state index in [1.54, 1.807) is 6.07 Å². The van der Waals surface area contributed by atoms with E-state index in [9.17, 15) is 4.79 Å². The summed E-state index contributed by atoms with van der Waals surface area (Å²) in [5, 5.41) is 3.46. The molecule has 0 aliphatic rings. The summed E-state index contributed by atoms with van der Waals surface area (Å²) in [7, 11) is 0. The van der Waals surface area contributed by atoms with Crippen LogP contribution in [0, 0.1) is 0 Å². The highest BCUT2D eigenvalue weighted by Crippen LogP contribution is 2.23. The van der Waals surface area contributed by atoms with E-state index in [0.29, 0.717) is 28.9 Å². The molecule has 0 bridgehead atoms. The van der Waals surface area contributed by atoms with Crippen LogP contribution >= 0.6 is 39.3 Å². The fourth-order valence-corrected chi connectivity index (χ4v) is 2.86. The number of thioether (sulfide) groups is 1. The highest BCUT2D eigenvalue weighted by atomic mass is 79.9. The first-order valence-electron chi connectivity index (χ1n) is 6.66. The van der Waals surface area contributed by atoms with Crippen molar-refractivity contribution in [3.8, 4) is 5.75 Å². The Morgan fingerprint density at radius 1 is 1.18 bits per heavy atom. The zero-order valence-corrected chi connectivity index (χ0v) is 14.9. The number of carbonyl (C=O) groups is 1. The zero-order valence-electron chi connectivity index (χ0n) is 11.7. The van der Waals surface area contributed by atoms with Crippen LogP contribution in [0.15, 0.2) is 53.0 Å². The van der Waals surface area contributed by atoms with E-state index in [4.69, 9.17) is 16.3 Å². The SMILES string of the molecule is O=C(CSCCOc1ccccc1Cl)Nc1ccccc1Br. The topological polar surface area (TPSA) is 38.3 Å². The normalized spacial score (nSPS) is 10.3. The number of benzene rings is 2. The van der Waals surface area contributed by atoms with Gasteiger partial charge >= 0.3 is 0 Å². The molecule has 2 aromatic rings. The maximum absolute atomic E-state index is 11.8. The molecule has 0 saturated heterocycles. The third kappa shape index (κ3) is 5.55. The summed E-state index contributed by atoms with van der Waals surface area (Å²) in [6.07, 6.45) is 0. The summed E-state index contributed by atoms with van der Waals surface area (Å²) in [6.45, 7) is 0.511. The van der Waals surface area contributed by atoms with Crippen molar-refractivity contribution in [1.82, 2.24) is 0 Å². The Morgan fingerprint density at radius 2 is 1.91 bits per heavy atom. The number of anilines is 1. The molecule has 0 aliphatic heterocycles. The molecule has 0 saturated carbocycles. The van der Waals surface area contributed by atoms with Crippen molar-refractivity contribution in [1.29, 1.82) is 0 Å². The van der Waals surface area contributed by atoms with Crippen molar-refractivity contribution >= 4 is 50.9 Å². The van der Waals surface area contributed by atoms with E-state index in [-0.39, 0.29) is 5.91 Å². The van der Waals surface area contributed by atoms with E-state index < -0.39 is 0 Å². The third-order valence-corrected chi connectivity index (χ3v) is 4.63. The fourth-order valence-electron chi connectivity index (χ4n) is 1.69. The minimum absolute atomic E-state index is 0.0327. The van der Waals surface area contributed by atoms with E-state index in [1.165, 1.54) is 11.8 Å². The van der Waals surface area contributed by atoms with Gasteiger partial charge in [0, 0.05) is 10.2 Å². The van der Waals surface area contributed by atoms with Crippen LogP contribution in [0.3, 0.4) is 0 Å². The first-order chi connectivity index (χ1) is 10.7. The largest absolute Gasteiger partial charge is 0.491 e. The molecular formula is C16H15BrClNO2S. The average molecular weight is 401 g/mol. The quantitative estimate of drug-likeness (QED) is 0.675. The molecule has 6 heteroatoms. The predicted octanol–water partition coefficient (Wildman–Crippen LogP) is 4.85. The minimum atomic E-state index is -0.0327. The molecule has 0 fully saturated rings. The van der Waals surface area contributed by atoms with Gasteiger partial charge in [0.25, 0.3) is 0 Å².